The second-order valence-corrected chi connectivity index (χ2v) is 3.66. The number of esters is 1. The van der Waals surface area contributed by atoms with E-state index in [2.05, 4.69) is 0 Å². The lowest BCUT2D eigenvalue weighted by atomic mass is 10.1. The van der Waals surface area contributed by atoms with Gasteiger partial charge in [-0.25, -0.2) is 0 Å². The van der Waals surface area contributed by atoms with Crippen LogP contribution in [0.3, 0.4) is 0 Å². The van der Waals surface area contributed by atoms with Gasteiger partial charge in [-0.1, -0.05) is 13.8 Å². The Morgan fingerprint density at radius 3 is 2.27 bits per heavy atom. The van der Waals surface area contributed by atoms with Gasteiger partial charge in [0, 0.05) is 0 Å². The summed E-state index contributed by atoms with van der Waals surface area (Å²) in [5, 5.41) is 1.97. The van der Waals surface area contributed by atoms with Gasteiger partial charge in [0.2, 0.25) is 0 Å². The fourth-order valence-corrected chi connectivity index (χ4v) is 0.691. The van der Waals surface area contributed by atoms with Gasteiger partial charge in [-0.15, -0.1) is 0 Å². The first-order valence-corrected chi connectivity index (χ1v) is 4.69. The summed E-state index contributed by atoms with van der Waals surface area (Å²) < 4.78 is 39.9. The van der Waals surface area contributed by atoms with Crippen molar-refractivity contribution in [3.63, 3.8) is 0 Å². The monoisotopic (exact) mass is 227 g/mol. The molecule has 0 amide bonds. The van der Waals surface area contributed by atoms with Crippen LogP contribution in [0.5, 0.6) is 0 Å². The lowest BCUT2D eigenvalue weighted by Crippen LogP contribution is -2.35. The number of hydrogen-bond donors (Lipinski definition) is 1. The number of carbonyl (C=O) groups excluding carboxylic acids is 1. The molecule has 0 saturated heterocycles. The number of nitrogens with one attached hydrogen (secondary N) is 1. The molecular formula is C9H16F3NO2. The average Bonchev–Trinajstić information content (AvgIpc) is 2.01. The van der Waals surface area contributed by atoms with E-state index in [1.54, 1.807) is 6.92 Å². The minimum absolute atomic E-state index is 0.150. The van der Waals surface area contributed by atoms with Crippen LogP contribution in [0.1, 0.15) is 20.8 Å². The maximum atomic E-state index is 11.7. The quantitative estimate of drug-likeness (QED) is 0.727. The normalized spacial score (nSPS) is 14.1. The maximum absolute atomic E-state index is 11.7. The molecule has 0 aliphatic heterocycles. The zero-order valence-corrected chi connectivity index (χ0v) is 9.02. The number of hydrogen-bond acceptors (Lipinski definition) is 3. The fourth-order valence-electron chi connectivity index (χ4n) is 0.691. The Morgan fingerprint density at radius 1 is 1.33 bits per heavy atom. The van der Waals surface area contributed by atoms with Crippen molar-refractivity contribution >= 4 is 5.97 Å². The number of carbonyl (C=O) groups is 1. The summed E-state index contributed by atoms with van der Waals surface area (Å²) in [6, 6.07) is 0. The Morgan fingerprint density at radius 2 is 1.87 bits per heavy atom. The molecule has 0 aromatic carbocycles. The highest BCUT2D eigenvalue weighted by atomic mass is 19.4. The average molecular weight is 227 g/mol. The molecule has 1 atom stereocenters. The second-order valence-electron chi connectivity index (χ2n) is 3.66. The minimum atomic E-state index is -4.30. The highest BCUT2D eigenvalue weighted by Crippen LogP contribution is 2.12. The summed E-state index contributed by atoms with van der Waals surface area (Å²) in [6.07, 6.45) is -4.59. The highest BCUT2D eigenvalue weighted by Gasteiger charge is 2.26. The number of rotatable bonds is 5. The van der Waals surface area contributed by atoms with Crippen LogP contribution in [-0.2, 0) is 9.53 Å². The molecule has 6 heteroatoms. The van der Waals surface area contributed by atoms with E-state index in [-0.39, 0.29) is 12.0 Å². The van der Waals surface area contributed by atoms with Crippen molar-refractivity contribution in [2.24, 2.45) is 5.92 Å². The number of ether oxygens (including phenoxy) is 1. The van der Waals surface area contributed by atoms with Crippen molar-refractivity contribution in [1.82, 2.24) is 5.32 Å². The first kappa shape index (κ1) is 14.2. The Balaban J connectivity index is 3.67. The molecule has 3 nitrogen and oxygen atoms in total. The van der Waals surface area contributed by atoms with E-state index in [1.165, 1.54) is 0 Å². The lowest BCUT2D eigenvalue weighted by Gasteiger charge is -2.16. The molecule has 0 bridgehead atoms. The molecule has 0 aromatic heterocycles. The lowest BCUT2D eigenvalue weighted by molar-refractivity contribution is -0.150. The van der Waals surface area contributed by atoms with Gasteiger partial charge in [0.15, 0.2) is 0 Å². The molecule has 0 saturated carbocycles. The van der Waals surface area contributed by atoms with Crippen molar-refractivity contribution in [3.05, 3.63) is 0 Å². The predicted octanol–water partition coefficient (Wildman–Crippen LogP) is 1.73. The van der Waals surface area contributed by atoms with E-state index in [4.69, 9.17) is 4.74 Å². The molecule has 0 fully saturated rings. The number of alkyl halides is 3. The second kappa shape index (κ2) is 5.95. The van der Waals surface area contributed by atoms with Crippen LogP contribution in [0.25, 0.3) is 0 Å². The number of halogens is 3. The molecule has 15 heavy (non-hydrogen) atoms. The van der Waals surface area contributed by atoms with Crippen molar-refractivity contribution in [1.29, 1.82) is 0 Å². The summed E-state index contributed by atoms with van der Waals surface area (Å²) in [7, 11) is 0. The minimum Gasteiger partial charge on any atom is -0.461 e. The summed E-state index contributed by atoms with van der Waals surface area (Å²) in [5.74, 6) is -0.517. The highest BCUT2D eigenvalue weighted by molar-refractivity contribution is 5.71. The smallest absolute Gasteiger partial charge is 0.401 e. The van der Waals surface area contributed by atoms with Gasteiger partial charge in [0.1, 0.15) is 6.10 Å². The summed E-state index contributed by atoms with van der Waals surface area (Å²) in [5.41, 5.74) is 0. The Bertz CT molecular complexity index is 204. The van der Waals surface area contributed by atoms with Crippen molar-refractivity contribution in [3.8, 4) is 0 Å². The molecule has 0 aliphatic rings. The van der Waals surface area contributed by atoms with E-state index in [1.807, 2.05) is 19.2 Å². The molecule has 1 N–H and O–H groups in total. The molecule has 1 unspecified atom stereocenters. The van der Waals surface area contributed by atoms with Crippen LogP contribution in [0.4, 0.5) is 13.2 Å². The zero-order chi connectivity index (χ0) is 12.1. The Hall–Kier alpha value is -0.780. The van der Waals surface area contributed by atoms with Crippen LogP contribution in [0, 0.1) is 5.92 Å². The third kappa shape index (κ3) is 8.23. The molecular weight excluding hydrogens is 211 g/mol. The first-order chi connectivity index (χ1) is 6.72. The summed E-state index contributed by atoms with van der Waals surface area (Å²) in [6.45, 7) is 3.82. The van der Waals surface area contributed by atoms with Gasteiger partial charge < -0.3 is 4.74 Å². The van der Waals surface area contributed by atoms with Crippen molar-refractivity contribution < 1.29 is 22.7 Å². The largest absolute Gasteiger partial charge is 0.461 e. The standard InChI is InChI=1S/C9H16F3NO2/c1-6(2)7(3)15-8(14)4-13-5-9(10,11)12/h6-7,13H,4-5H2,1-3H3. The van der Waals surface area contributed by atoms with Gasteiger partial charge in [-0.3, -0.25) is 10.1 Å². The van der Waals surface area contributed by atoms with E-state index in [0.29, 0.717) is 0 Å². The van der Waals surface area contributed by atoms with Gasteiger partial charge in [-0.2, -0.15) is 13.2 Å². The molecule has 0 radical (unpaired) electrons. The van der Waals surface area contributed by atoms with Crippen LogP contribution < -0.4 is 5.32 Å². The van der Waals surface area contributed by atoms with Crippen LogP contribution >= 0.6 is 0 Å². The van der Waals surface area contributed by atoms with Gasteiger partial charge in [0.05, 0.1) is 13.1 Å². The predicted molar refractivity (Wildman–Crippen MR) is 49.3 cm³/mol. The van der Waals surface area contributed by atoms with Crippen molar-refractivity contribution in [2.45, 2.75) is 33.1 Å². The van der Waals surface area contributed by atoms with E-state index in [0.717, 1.165) is 0 Å². The van der Waals surface area contributed by atoms with Crippen LogP contribution in [0.2, 0.25) is 0 Å². The molecule has 0 aliphatic carbocycles. The fraction of sp³-hybridized carbons (Fsp3) is 0.889. The zero-order valence-electron chi connectivity index (χ0n) is 9.02. The van der Waals surface area contributed by atoms with E-state index >= 15 is 0 Å². The SMILES string of the molecule is CC(C)C(C)OC(=O)CNCC(F)(F)F. The molecule has 0 heterocycles. The summed E-state index contributed by atoms with van der Waals surface area (Å²) in [4.78, 5) is 11.0. The van der Waals surface area contributed by atoms with Crippen LogP contribution in [0.15, 0.2) is 0 Å². The van der Waals surface area contributed by atoms with Gasteiger partial charge in [0.25, 0.3) is 0 Å². The Kier molecular flexibility index (Phi) is 5.64. The van der Waals surface area contributed by atoms with Crippen molar-refractivity contribution in [2.75, 3.05) is 13.1 Å². The first-order valence-electron chi connectivity index (χ1n) is 4.69. The molecule has 0 spiro atoms. The molecule has 90 valence electrons. The molecule has 0 rings (SSSR count). The molecule has 0 aromatic rings. The van der Waals surface area contributed by atoms with E-state index in [9.17, 15) is 18.0 Å². The summed E-state index contributed by atoms with van der Waals surface area (Å²) >= 11 is 0. The third-order valence-electron chi connectivity index (χ3n) is 1.85. The van der Waals surface area contributed by atoms with E-state index < -0.39 is 25.2 Å². The van der Waals surface area contributed by atoms with Gasteiger partial charge in [-0.05, 0) is 12.8 Å². The Labute approximate surface area is 87.0 Å². The topological polar surface area (TPSA) is 38.3 Å². The van der Waals surface area contributed by atoms with Crippen LogP contribution in [-0.4, -0.2) is 31.3 Å². The maximum Gasteiger partial charge on any atom is 0.401 e. The van der Waals surface area contributed by atoms with Gasteiger partial charge >= 0.3 is 12.1 Å². The third-order valence-corrected chi connectivity index (χ3v) is 1.85.